The molecular weight excluding hydrogens is 328 g/mol. The molecule has 134 valence electrons. The third-order valence-corrected chi connectivity index (χ3v) is 5.16. The van der Waals surface area contributed by atoms with Gasteiger partial charge in [0.25, 0.3) is 5.91 Å². The molecule has 2 fully saturated rings. The molecule has 4 rings (SSSR count). The number of fused-ring (bicyclic) bond motifs is 1. The molecule has 0 bridgehead atoms. The summed E-state index contributed by atoms with van der Waals surface area (Å²) in [5, 5.41) is 1.76. The number of hydrogen-bond acceptors (Lipinski definition) is 4. The summed E-state index contributed by atoms with van der Waals surface area (Å²) >= 11 is 0. The van der Waals surface area contributed by atoms with E-state index in [2.05, 4.69) is 0 Å². The molecule has 2 saturated heterocycles. The first kappa shape index (κ1) is 16.8. The minimum atomic E-state index is -0.769. The van der Waals surface area contributed by atoms with Crippen LogP contribution in [0, 0.1) is 12.8 Å². The molecule has 2 aliphatic rings. The van der Waals surface area contributed by atoms with Crippen molar-refractivity contribution in [3.63, 3.8) is 0 Å². The molecule has 5 heteroatoms. The van der Waals surface area contributed by atoms with Crippen LogP contribution in [0.2, 0.25) is 0 Å². The molecule has 2 aromatic rings. The van der Waals surface area contributed by atoms with E-state index in [0.29, 0.717) is 0 Å². The molecule has 0 radical (unpaired) electrons. The molecule has 2 heterocycles. The van der Waals surface area contributed by atoms with E-state index in [0.717, 1.165) is 16.8 Å². The van der Waals surface area contributed by atoms with Gasteiger partial charge in [-0.15, -0.1) is 0 Å². The number of benzene rings is 2. The van der Waals surface area contributed by atoms with Gasteiger partial charge in [-0.2, -0.15) is 0 Å². The summed E-state index contributed by atoms with van der Waals surface area (Å²) < 4.78 is 0. The van der Waals surface area contributed by atoms with Crippen LogP contribution in [0.4, 0.5) is 5.69 Å². The largest absolute Gasteiger partial charge is 0.277 e. The van der Waals surface area contributed by atoms with Gasteiger partial charge in [-0.3, -0.25) is 19.3 Å². The van der Waals surface area contributed by atoms with Gasteiger partial charge in [-0.05, 0) is 38.0 Å². The third kappa shape index (κ3) is 2.42. The van der Waals surface area contributed by atoms with E-state index in [4.69, 9.17) is 4.84 Å². The van der Waals surface area contributed by atoms with Gasteiger partial charge in [-0.25, -0.2) is 5.06 Å². The smallest absolute Gasteiger partial charge is 0.262 e. The van der Waals surface area contributed by atoms with E-state index in [1.807, 2.05) is 75.4 Å². The molecule has 2 aliphatic heterocycles. The fourth-order valence-corrected chi connectivity index (χ4v) is 3.95. The summed E-state index contributed by atoms with van der Waals surface area (Å²) in [6, 6.07) is 17.2. The number of hydroxylamine groups is 1. The zero-order valence-corrected chi connectivity index (χ0v) is 15.1. The second-order valence-corrected chi connectivity index (χ2v) is 7.16. The number of para-hydroxylation sites is 1. The molecule has 5 nitrogen and oxygen atoms in total. The normalized spacial score (nSPS) is 25.3. The summed E-state index contributed by atoms with van der Waals surface area (Å²) in [5.74, 6) is -0.932. The molecular formula is C21H22N2O3. The first-order valence-electron chi connectivity index (χ1n) is 8.94. The lowest BCUT2D eigenvalue weighted by Gasteiger charge is -2.30. The maximum absolute atomic E-state index is 13.1. The van der Waals surface area contributed by atoms with Gasteiger partial charge in [0.2, 0.25) is 5.91 Å². The average Bonchev–Trinajstić information content (AvgIpc) is 3.12. The predicted molar refractivity (Wildman–Crippen MR) is 98.2 cm³/mol. The van der Waals surface area contributed by atoms with Gasteiger partial charge < -0.3 is 0 Å². The van der Waals surface area contributed by atoms with Crippen LogP contribution < -0.4 is 5.06 Å². The Bertz CT molecular complexity index is 849. The van der Waals surface area contributed by atoms with Gasteiger partial charge in [0, 0.05) is 6.04 Å². The maximum Gasteiger partial charge on any atom is 0.262 e. The number of anilines is 1. The van der Waals surface area contributed by atoms with Crippen molar-refractivity contribution in [3.05, 3.63) is 65.7 Å². The van der Waals surface area contributed by atoms with Crippen molar-refractivity contribution in [2.75, 3.05) is 5.06 Å². The first-order valence-corrected chi connectivity index (χ1v) is 8.94. The van der Waals surface area contributed by atoms with Crippen LogP contribution in [-0.2, 0) is 14.4 Å². The van der Waals surface area contributed by atoms with Gasteiger partial charge in [0.15, 0.2) is 6.10 Å². The Labute approximate surface area is 153 Å². The highest BCUT2D eigenvalue weighted by molar-refractivity contribution is 6.08. The van der Waals surface area contributed by atoms with E-state index >= 15 is 0 Å². The van der Waals surface area contributed by atoms with E-state index in [1.165, 1.54) is 4.90 Å². The molecule has 2 amide bonds. The van der Waals surface area contributed by atoms with Crippen LogP contribution >= 0.6 is 0 Å². The van der Waals surface area contributed by atoms with Crippen molar-refractivity contribution in [1.82, 2.24) is 4.90 Å². The molecule has 26 heavy (non-hydrogen) atoms. The second kappa shape index (κ2) is 6.25. The van der Waals surface area contributed by atoms with Gasteiger partial charge in [0.1, 0.15) is 5.92 Å². The third-order valence-electron chi connectivity index (χ3n) is 5.16. The molecule has 3 atom stereocenters. The molecule has 0 spiro atoms. The van der Waals surface area contributed by atoms with E-state index in [9.17, 15) is 9.59 Å². The highest BCUT2D eigenvalue weighted by atomic mass is 16.7. The average molecular weight is 350 g/mol. The first-order chi connectivity index (χ1) is 12.5. The number of hydrogen-bond donors (Lipinski definition) is 0. The van der Waals surface area contributed by atoms with Crippen LogP contribution in [0.15, 0.2) is 54.6 Å². The van der Waals surface area contributed by atoms with Crippen molar-refractivity contribution in [2.45, 2.75) is 39.0 Å². The fraction of sp³-hybridized carbons (Fsp3) is 0.333. The summed E-state index contributed by atoms with van der Waals surface area (Å²) in [6.07, 6.45) is -0.769. The van der Waals surface area contributed by atoms with Crippen LogP contribution in [0.25, 0.3) is 0 Å². The second-order valence-electron chi connectivity index (χ2n) is 7.16. The van der Waals surface area contributed by atoms with Crippen molar-refractivity contribution >= 4 is 17.5 Å². The molecule has 0 aliphatic carbocycles. The van der Waals surface area contributed by atoms with Crippen LogP contribution in [-0.4, -0.2) is 28.9 Å². The lowest BCUT2D eigenvalue weighted by atomic mass is 9.90. The Morgan fingerprint density at radius 3 is 2.23 bits per heavy atom. The van der Waals surface area contributed by atoms with Gasteiger partial charge in [-0.1, -0.05) is 48.5 Å². The van der Waals surface area contributed by atoms with E-state index in [1.54, 1.807) is 5.06 Å². The van der Waals surface area contributed by atoms with E-state index < -0.39 is 12.0 Å². The molecule has 0 saturated carbocycles. The summed E-state index contributed by atoms with van der Waals surface area (Å²) in [7, 11) is 0. The van der Waals surface area contributed by atoms with Crippen LogP contribution in [0.5, 0.6) is 0 Å². The van der Waals surface area contributed by atoms with Gasteiger partial charge >= 0.3 is 0 Å². The highest BCUT2D eigenvalue weighted by Gasteiger charge is 2.60. The Balaban J connectivity index is 1.82. The minimum Gasteiger partial charge on any atom is -0.277 e. The lowest BCUT2D eigenvalue weighted by Crippen LogP contribution is -2.41. The lowest BCUT2D eigenvalue weighted by molar-refractivity contribution is -0.145. The Morgan fingerprint density at radius 2 is 1.58 bits per heavy atom. The van der Waals surface area contributed by atoms with Crippen LogP contribution in [0.3, 0.4) is 0 Å². The highest BCUT2D eigenvalue weighted by Crippen LogP contribution is 2.47. The number of aryl methyl sites for hydroxylation is 1. The Kier molecular flexibility index (Phi) is 4.04. The number of rotatable bonds is 3. The molecule has 0 aromatic heterocycles. The van der Waals surface area contributed by atoms with Gasteiger partial charge in [0.05, 0.1) is 11.7 Å². The number of amides is 2. The number of carbonyl (C=O) groups is 2. The standard InChI is InChI=1S/C21H22N2O3/c1-13(2)22-20(24)17-18(15-10-5-4-6-11-15)23(26-19(17)21(22)25)16-12-8-7-9-14(16)3/h4-13,17-19H,1-3H3. The van der Waals surface area contributed by atoms with E-state index in [-0.39, 0.29) is 23.9 Å². The summed E-state index contributed by atoms with van der Waals surface area (Å²) in [6.45, 7) is 5.71. The summed E-state index contributed by atoms with van der Waals surface area (Å²) in [5.41, 5.74) is 2.89. The SMILES string of the molecule is Cc1ccccc1N1OC2C(=O)N(C(C)C)C(=O)C2C1c1ccccc1. The fourth-order valence-electron chi connectivity index (χ4n) is 3.95. The zero-order valence-electron chi connectivity index (χ0n) is 15.1. The molecule has 2 aromatic carbocycles. The number of imide groups is 1. The topological polar surface area (TPSA) is 49.9 Å². The number of likely N-dealkylation sites (tertiary alicyclic amines) is 1. The van der Waals surface area contributed by atoms with Crippen LogP contribution in [0.1, 0.15) is 31.0 Å². The van der Waals surface area contributed by atoms with Crippen molar-refractivity contribution in [2.24, 2.45) is 5.92 Å². The zero-order chi connectivity index (χ0) is 18.4. The van der Waals surface area contributed by atoms with Crippen molar-refractivity contribution in [3.8, 4) is 0 Å². The molecule has 3 unspecified atom stereocenters. The predicted octanol–water partition coefficient (Wildman–Crippen LogP) is 3.25. The number of nitrogens with zero attached hydrogens (tertiary/aromatic N) is 2. The Hall–Kier alpha value is -2.66. The molecule has 0 N–H and O–H groups in total. The monoisotopic (exact) mass is 350 g/mol. The minimum absolute atomic E-state index is 0.153. The maximum atomic E-state index is 13.1. The quantitative estimate of drug-likeness (QED) is 0.798. The van der Waals surface area contributed by atoms with Crippen molar-refractivity contribution < 1.29 is 14.4 Å². The van der Waals surface area contributed by atoms with Crippen molar-refractivity contribution in [1.29, 1.82) is 0 Å². The summed E-state index contributed by atoms with van der Waals surface area (Å²) in [4.78, 5) is 33.4. The number of carbonyl (C=O) groups excluding carboxylic acids is 2. The Morgan fingerprint density at radius 1 is 0.923 bits per heavy atom.